The van der Waals surface area contributed by atoms with E-state index in [4.69, 9.17) is 4.74 Å². The predicted octanol–water partition coefficient (Wildman–Crippen LogP) is -2.32. The minimum absolute atomic E-state index is 0.178. The molecule has 1 heterocycles. The van der Waals surface area contributed by atoms with Crippen molar-refractivity contribution < 1.29 is 29.2 Å². The summed E-state index contributed by atoms with van der Waals surface area (Å²) in [6, 6.07) is 8.27. The molecule has 0 saturated carbocycles. The van der Waals surface area contributed by atoms with E-state index in [1.807, 2.05) is 35.2 Å². The fourth-order valence-electron chi connectivity index (χ4n) is 2.99. The molecule has 10 nitrogen and oxygen atoms in total. The van der Waals surface area contributed by atoms with Gasteiger partial charge in [-0.2, -0.15) is 0 Å². The van der Waals surface area contributed by atoms with Crippen molar-refractivity contribution in [3.63, 3.8) is 0 Å². The van der Waals surface area contributed by atoms with Gasteiger partial charge in [-0.25, -0.2) is 0 Å². The van der Waals surface area contributed by atoms with Gasteiger partial charge in [-0.3, -0.25) is 19.3 Å². The van der Waals surface area contributed by atoms with Gasteiger partial charge in [0.2, 0.25) is 17.7 Å². The largest absolute Gasteiger partial charge is 0.475 e. The van der Waals surface area contributed by atoms with Crippen LogP contribution in [-0.2, 0) is 25.5 Å². The molecule has 1 aliphatic heterocycles. The summed E-state index contributed by atoms with van der Waals surface area (Å²) < 4.78 is 5.22. The van der Waals surface area contributed by atoms with E-state index in [1.165, 1.54) is 6.92 Å². The molecule has 164 valence electrons. The zero-order valence-electron chi connectivity index (χ0n) is 17.0. The summed E-state index contributed by atoms with van der Waals surface area (Å²) in [5.41, 5.74) is 0.830. The molecule has 1 fully saturated rings. The molecular weight excluding hydrogens is 391 g/mol. The molecule has 30 heavy (non-hydrogen) atoms. The second-order valence-electron chi connectivity index (χ2n) is 7.17. The van der Waals surface area contributed by atoms with E-state index in [-0.39, 0.29) is 25.4 Å². The number of nitrogens with one attached hydrogen (secondary N) is 3. The second kappa shape index (κ2) is 12.3. The number of carbonyl (C=O) groups is 3. The number of hydrogen-bond donors (Lipinski definition) is 5. The van der Waals surface area contributed by atoms with Gasteiger partial charge in [-0.05, 0) is 18.9 Å². The molecule has 0 bridgehead atoms. The summed E-state index contributed by atoms with van der Waals surface area (Å²) in [6.07, 6.45) is 0.228. The van der Waals surface area contributed by atoms with E-state index in [0.717, 1.165) is 5.56 Å². The lowest BCUT2D eigenvalue weighted by Gasteiger charge is -2.26. The Balaban J connectivity index is 1.72. The first-order valence-electron chi connectivity index (χ1n) is 9.91. The van der Waals surface area contributed by atoms with E-state index >= 15 is 0 Å². The summed E-state index contributed by atoms with van der Waals surface area (Å²) in [7, 11) is -1.75. The lowest BCUT2D eigenvalue weighted by molar-refractivity contribution is -0.130. The molecule has 11 heteroatoms. The monoisotopic (exact) mass is 420 g/mol. The molecule has 5 N–H and O–H groups in total. The van der Waals surface area contributed by atoms with E-state index in [0.29, 0.717) is 26.3 Å². The van der Waals surface area contributed by atoms with Crippen LogP contribution in [0.15, 0.2) is 30.3 Å². The second-order valence-corrected chi connectivity index (χ2v) is 7.17. The molecule has 0 spiro atoms. The molecular formula is C19H29BN4O6. The first kappa shape index (κ1) is 23.8. The smallest absolute Gasteiger partial charge is 0.426 e. The third kappa shape index (κ3) is 8.50. The van der Waals surface area contributed by atoms with Crippen LogP contribution in [0, 0.1) is 0 Å². The highest BCUT2D eigenvalue weighted by Crippen LogP contribution is 2.04. The standard InChI is InChI=1S/C19H29BN4O6/c1-14(22-18(26)13-24-7-9-30-10-8-24)19(27)21-12-17(25)23-16(20(28)29)11-15-5-3-2-4-6-15/h2-6,14,16,28-29H,7-13H2,1H3,(H,21,27)(H,22,26)(H,23,25). The molecule has 1 aromatic rings. The first-order valence-corrected chi connectivity index (χ1v) is 9.91. The Morgan fingerprint density at radius 2 is 1.77 bits per heavy atom. The van der Waals surface area contributed by atoms with Gasteiger partial charge in [0.25, 0.3) is 0 Å². The number of ether oxygens (including phenoxy) is 1. The molecule has 0 aliphatic carbocycles. The molecule has 0 radical (unpaired) electrons. The molecule has 1 aromatic carbocycles. The Morgan fingerprint density at radius 1 is 1.10 bits per heavy atom. The van der Waals surface area contributed by atoms with Crippen LogP contribution in [0.25, 0.3) is 0 Å². The van der Waals surface area contributed by atoms with Crippen LogP contribution in [0.4, 0.5) is 0 Å². The van der Waals surface area contributed by atoms with Crippen molar-refractivity contribution in [1.29, 1.82) is 0 Å². The van der Waals surface area contributed by atoms with Crippen LogP contribution in [0.3, 0.4) is 0 Å². The van der Waals surface area contributed by atoms with Gasteiger partial charge in [0, 0.05) is 13.1 Å². The van der Waals surface area contributed by atoms with Gasteiger partial charge in [0.05, 0.1) is 32.2 Å². The molecule has 0 aromatic heterocycles. The van der Waals surface area contributed by atoms with E-state index in [2.05, 4.69) is 16.0 Å². The van der Waals surface area contributed by atoms with E-state index in [1.54, 1.807) is 0 Å². The highest BCUT2D eigenvalue weighted by molar-refractivity contribution is 6.43. The Hall–Kier alpha value is -2.47. The van der Waals surface area contributed by atoms with Crippen LogP contribution < -0.4 is 16.0 Å². The predicted molar refractivity (Wildman–Crippen MR) is 110 cm³/mol. The molecule has 2 rings (SSSR count). The Morgan fingerprint density at radius 3 is 2.40 bits per heavy atom. The van der Waals surface area contributed by atoms with Crippen LogP contribution in [0.1, 0.15) is 12.5 Å². The summed E-state index contributed by atoms with van der Waals surface area (Å²) >= 11 is 0. The fourth-order valence-corrected chi connectivity index (χ4v) is 2.99. The average Bonchev–Trinajstić information content (AvgIpc) is 2.72. The van der Waals surface area contributed by atoms with Gasteiger partial charge in [-0.15, -0.1) is 0 Å². The van der Waals surface area contributed by atoms with Crippen molar-refractivity contribution in [3.05, 3.63) is 35.9 Å². The lowest BCUT2D eigenvalue weighted by atomic mass is 9.76. The normalized spacial score (nSPS) is 16.2. The molecule has 1 aliphatic rings. The third-order valence-corrected chi connectivity index (χ3v) is 4.67. The quantitative estimate of drug-likeness (QED) is 0.268. The highest BCUT2D eigenvalue weighted by atomic mass is 16.5. The molecule has 1 saturated heterocycles. The first-order chi connectivity index (χ1) is 14.3. The van der Waals surface area contributed by atoms with Gasteiger partial charge in [-0.1, -0.05) is 30.3 Å². The maximum Gasteiger partial charge on any atom is 0.475 e. The third-order valence-electron chi connectivity index (χ3n) is 4.67. The Labute approximate surface area is 176 Å². The van der Waals surface area contributed by atoms with Gasteiger partial charge in [0.1, 0.15) is 6.04 Å². The zero-order chi connectivity index (χ0) is 21.9. The SMILES string of the molecule is CC(NC(=O)CN1CCOCC1)C(=O)NCC(=O)NC(Cc1ccccc1)B(O)O. The molecule has 2 unspecified atom stereocenters. The van der Waals surface area contributed by atoms with Crippen LogP contribution >= 0.6 is 0 Å². The lowest BCUT2D eigenvalue weighted by Crippen LogP contribution is -2.53. The van der Waals surface area contributed by atoms with Gasteiger partial charge < -0.3 is 30.7 Å². The number of amides is 3. The van der Waals surface area contributed by atoms with Gasteiger partial charge >= 0.3 is 7.12 Å². The number of rotatable bonds is 10. The Bertz CT molecular complexity index is 700. The van der Waals surface area contributed by atoms with Crippen molar-refractivity contribution in [2.45, 2.75) is 25.3 Å². The van der Waals surface area contributed by atoms with Crippen LogP contribution in [-0.4, -0.2) is 91.2 Å². The number of nitrogens with zero attached hydrogens (tertiary/aromatic N) is 1. The minimum atomic E-state index is -1.75. The van der Waals surface area contributed by atoms with E-state index < -0.39 is 30.9 Å². The maximum absolute atomic E-state index is 12.1. The van der Waals surface area contributed by atoms with Crippen LogP contribution in [0.2, 0.25) is 0 Å². The van der Waals surface area contributed by atoms with Crippen molar-refractivity contribution >= 4 is 24.8 Å². The number of carbonyl (C=O) groups excluding carboxylic acids is 3. The summed E-state index contributed by atoms with van der Waals surface area (Å²) in [6.45, 7) is 3.83. The van der Waals surface area contributed by atoms with Crippen LogP contribution in [0.5, 0.6) is 0 Å². The number of benzene rings is 1. The molecule has 2 atom stereocenters. The van der Waals surface area contributed by atoms with E-state index in [9.17, 15) is 24.4 Å². The number of morpholine rings is 1. The number of hydrogen-bond acceptors (Lipinski definition) is 7. The fraction of sp³-hybridized carbons (Fsp3) is 0.526. The molecule has 3 amide bonds. The van der Waals surface area contributed by atoms with Crippen molar-refractivity contribution in [1.82, 2.24) is 20.9 Å². The average molecular weight is 420 g/mol. The maximum atomic E-state index is 12.1. The summed E-state index contributed by atoms with van der Waals surface area (Å²) in [4.78, 5) is 38.2. The minimum Gasteiger partial charge on any atom is -0.426 e. The van der Waals surface area contributed by atoms with Crippen molar-refractivity contribution in [3.8, 4) is 0 Å². The highest BCUT2D eigenvalue weighted by Gasteiger charge is 2.26. The Kier molecular flexibility index (Phi) is 9.75. The summed E-state index contributed by atoms with van der Waals surface area (Å²) in [5, 5.41) is 26.6. The van der Waals surface area contributed by atoms with Crippen molar-refractivity contribution in [2.24, 2.45) is 0 Å². The summed E-state index contributed by atoms with van der Waals surface area (Å²) in [5.74, 6) is -2.27. The topological polar surface area (TPSA) is 140 Å². The zero-order valence-corrected chi connectivity index (χ0v) is 17.0. The van der Waals surface area contributed by atoms with Crippen molar-refractivity contribution in [2.75, 3.05) is 39.4 Å². The van der Waals surface area contributed by atoms with Gasteiger partial charge in [0.15, 0.2) is 0 Å².